The first kappa shape index (κ1) is 21.0. The van der Waals surface area contributed by atoms with Crippen LogP contribution < -0.4 is 5.32 Å². The number of halogens is 4. The van der Waals surface area contributed by atoms with Gasteiger partial charge in [-0.05, 0) is 38.1 Å². The third-order valence-corrected chi connectivity index (χ3v) is 5.13. The number of hydrogen-bond donors (Lipinski definition) is 1. The van der Waals surface area contributed by atoms with Crippen LogP contribution in [0.4, 0.5) is 18.9 Å². The number of benzene rings is 1. The van der Waals surface area contributed by atoms with Gasteiger partial charge in [0.25, 0.3) is 5.91 Å². The summed E-state index contributed by atoms with van der Waals surface area (Å²) in [6.45, 7) is 4.04. The van der Waals surface area contributed by atoms with Crippen LogP contribution in [0.1, 0.15) is 35.0 Å². The van der Waals surface area contributed by atoms with Gasteiger partial charge in [-0.2, -0.15) is 28.5 Å². The van der Waals surface area contributed by atoms with Crippen molar-refractivity contribution in [2.45, 2.75) is 33.0 Å². The number of anilines is 1. The molecule has 0 saturated carbocycles. The summed E-state index contributed by atoms with van der Waals surface area (Å²) >= 11 is 6.49. The van der Waals surface area contributed by atoms with Gasteiger partial charge >= 0.3 is 6.18 Å². The Balaban J connectivity index is 1.59. The topological polar surface area (TPSA) is 84.5 Å². The Kier molecular flexibility index (Phi) is 5.26. The molecule has 0 unspecified atom stereocenters. The van der Waals surface area contributed by atoms with E-state index < -0.39 is 17.6 Å². The molecule has 11 heteroatoms. The summed E-state index contributed by atoms with van der Waals surface area (Å²) in [4.78, 5) is 17.0. The molecule has 160 valence electrons. The van der Waals surface area contributed by atoms with Gasteiger partial charge in [-0.3, -0.25) is 4.79 Å². The van der Waals surface area contributed by atoms with Gasteiger partial charge < -0.3 is 5.32 Å². The van der Waals surface area contributed by atoms with E-state index in [-0.39, 0.29) is 16.3 Å². The van der Waals surface area contributed by atoms with Crippen LogP contribution in [0, 0.1) is 6.92 Å². The lowest BCUT2D eigenvalue weighted by atomic mass is 10.1. The molecule has 1 N–H and O–H groups in total. The Morgan fingerprint density at radius 2 is 1.90 bits per heavy atom. The fraction of sp³-hybridized carbons (Fsp3) is 0.250. The van der Waals surface area contributed by atoms with Crippen molar-refractivity contribution in [2.24, 2.45) is 10.2 Å². The van der Waals surface area contributed by atoms with E-state index in [9.17, 15) is 18.0 Å². The zero-order valence-electron chi connectivity index (χ0n) is 16.5. The molecular weight excluding hydrogens is 433 g/mol. The summed E-state index contributed by atoms with van der Waals surface area (Å²) < 4.78 is 39.8. The molecule has 31 heavy (non-hydrogen) atoms. The number of aryl methyl sites for hydroxylation is 1. The van der Waals surface area contributed by atoms with Crippen molar-refractivity contribution < 1.29 is 18.0 Å². The number of rotatable bonds is 4. The Bertz CT molecular complexity index is 1240. The molecule has 1 aliphatic rings. The van der Waals surface area contributed by atoms with E-state index in [0.717, 1.165) is 23.6 Å². The van der Waals surface area contributed by atoms with E-state index in [4.69, 9.17) is 11.6 Å². The largest absolute Gasteiger partial charge is 0.416 e. The van der Waals surface area contributed by atoms with Gasteiger partial charge in [0.2, 0.25) is 0 Å². The van der Waals surface area contributed by atoms with E-state index in [1.165, 1.54) is 18.3 Å². The molecule has 0 spiro atoms. The molecule has 4 rings (SSSR count). The number of carbonyl (C=O) groups is 1. The predicted octanol–water partition coefficient (Wildman–Crippen LogP) is 4.88. The Morgan fingerprint density at radius 1 is 1.19 bits per heavy atom. The van der Waals surface area contributed by atoms with Crippen LogP contribution in [0.25, 0.3) is 11.0 Å². The summed E-state index contributed by atoms with van der Waals surface area (Å²) in [7, 11) is 0. The number of pyridine rings is 1. The molecule has 0 bridgehead atoms. The summed E-state index contributed by atoms with van der Waals surface area (Å²) in [5.74, 6) is -0.587. The van der Waals surface area contributed by atoms with Gasteiger partial charge in [0.1, 0.15) is 0 Å². The average molecular weight is 449 g/mol. The van der Waals surface area contributed by atoms with Crippen molar-refractivity contribution in [2.75, 3.05) is 5.32 Å². The lowest BCUT2D eigenvalue weighted by Gasteiger charge is -2.10. The number of aromatic nitrogens is 3. The number of fused-ring (bicyclic) bond motifs is 1. The molecule has 0 fully saturated rings. The molecule has 0 radical (unpaired) electrons. The lowest BCUT2D eigenvalue weighted by Crippen LogP contribution is -2.14. The highest BCUT2D eigenvalue weighted by Gasteiger charge is 2.30. The molecule has 0 aliphatic carbocycles. The second-order valence-electron chi connectivity index (χ2n) is 7.14. The van der Waals surface area contributed by atoms with Gasteiger partial charge in [-0.1, -0.05) is 11.6 Å². The number of amides is 1. The molecule has 0 atom stereocenters. The first-order valence-corrected chi connectivity index (χ1v) is 9.60. The predicted molar refractivity (Wildman–Crippen MR) is 112 cm³/mol. The maximum absolute atomic E-state index is 12.7. The van der Waals surface area contributed by atoms with Crippen LogP contribution in [0.15, 0.2) is 40.7 Å². The first-order chi connectivity index (χ1) is 14.6. The highest BCUT2D eigenvalue weighted by molar-refractivity contribution is 6.39. The third-order valence-electron chi connectivity index (χ3n) is 4.74. The molecule has 1 aliphatic heterocycles. The van der Waals surface area contributed by atoms with Crippen LogP contribution in [0.3, 0.4) is 0 Å². The summed E-state index contributed by atoms with van der Waals surface area (Å²) in [6, 6.07) is 4.14. The van der Waals surface area contributed by atoms with Gasteiger partial charge in [0.05, 0.1) is 39.5 Å². The standard InChI is InChI=1S/C20H16ClF3N6O/c1-10-7-14(28-27-10)9-30-18-16(11(2)29-30)17(21)15(8-25-18)19(31)26-13-5-3-12(4-6-13)20(22,23)24/h3-6,8H,7,9H2,1-2H3,(H,26,31). The second-order valence-corrected chi connectivity index (χ2v) is 7.51. The van der Waals surface area contributed by atoms with E-state index >= 15 is 0 Å². The van der Waals surface area contributed by atoms with E-state index in [0.29, 0.717) is 29.7 Å². The quantitative estimate of drug-likeness (QED) is 0.617. The monoisotopic (exact) mass is 448 g/mol. The number of nitrogens with one attached hydrogen (secondary N) is 1. The molecule has 3 aromatic rings. The third kappa shape index (κ3) is 4.15. The van der Waals surface area contributed by atoms with Crippen molar-refractivity contribution in [3.63, 3.8) is 0 Å². The molecule has 1 aromatic carbocycles. The minimum atomic E-state index is -4.45. The number of nitrogens with zero attached hydrogens (tertiary/aromatic N) is 5. The summed E-state index contributed by atoms with van der Waals surface area (Å²) in [5, 5.41) is 15.8. The normalized spacial score (nSPS) is 14.0. The highest BCUT2D eigenvalue weighted by atomic mass is 35.5. The fourth-order valence-electron chi connectivity index (χ4n) is 3.27. The summed E-state index contributed by atoms with van der Waals surface area (Å²) in [6.07, 6.45) is -2.48. The number of alkyl halides is 3. The van der Waals surface area contributed by atoms with Gasteiger partial charge in [0, 0.05) is 24.0 Å². The second kappa shape index (κ2) is 7.77. The van der Waals surface area contributed by atoms with Crippen molar-refractivity contribution in [1.29, 1.82) is 0 Å². The Hall–Kier alpha value is -3.27. The maximum Gasteiger partial charge on any atom is 0.416 e. The molecular formula is C20H16ClF3N6O. The summed E-state index contributed by atoms with van der Waals surface area (Å²) in [5.41, 5.74) is 2.33. The lowest BCUT2D eigenvalue weighted by molar-refractivity contribution is -0.137. The van der Waals surface area contributed by atoms with Crippen LogP contribution in [-0.4, -0.2) is 32.1 Å². The maximum atomic E-state index is 12.7. The number of hydrogen-bond acceptors (Lipinski definition) is 5. The molecule has 7 nitrogen and oxygen atoms in total. The van der Waals surface area contributed by atoms with Crippen molar-refractivity contribution >= 4 is 45.7 Å². The van der Waals surface area contributed by atoms with Crippen molar-refractivity contribution in [1.82, 2.24) is 14.8 Å². The van der Waals surface area contributed by atoms with Crippen LogP contribution >= 0.6 is 11.6 Å². The molecule has 1 amide bonds. The molecule has 0 saturated heterocycles. The molecule has 2 aromatic heterocycles. The van der Waals surface area contributed by atoms with Crippen LogP contribution in [0.5, 0.6) is 0 Å². The number of carbonyl (C=O) groups excluding carboxylic acids is 1. The smallest absolute Gasteiger partial charge is 0.322 e. The van der Waals surface area contributed by atoms with Crippen molar-refractivity contribution in [3.05, 3.63) is 52.3 Å². The Morgan fingerprint density at radius 3 is 2.52 bits per heavy atom. The van der Waals surface area contributed by atoms with Gasteiger partial charge in [-0.25, -0.2) is 9.67 Å². The fourth-order valence-corrected chi connectivity index (χ4v) is 3.62. The van der Waals surface area contributed by atoms with E-state index in [1.807, 2.05) is 6.92 Å². The van der Waals surface area contributed by atoms with Crippen LogP contribution in [-0.2, 0) is 12.7 Å². The Labute approximate surface area is 179 Å². The van der Waals surface area contributed by atoms with Gasteiger partial charge in [0.15, 0.2) is 5.65 Å². The van der Waals surface area contributed by atoms with Crippen molar-refractivity contribution in [3.8, 4) is 0 Å². The van der Waals surface area contributed by atoms with E-state index in [1.54, 1.807) is 11.6 Å². The first-order valence-electron chi connectivity index (χ1n) is 9.22. The van der Waals surface area contributed by atoms with Crippen LogP contribution in [0.2, 0.25) is 5.02 Å². The SMILES string of the molecule is CC1=NN=C(Cn2nc(C)c3c(Cl)c(C(=O)Nc4ccc(C(F)(F)F)cc4)cnc32)C1. The zero-order chi connectivity index (χ0) is 22.3. The minimum absolute atomic E-state index is 0.0918. The minimum Gasteiger partial charge on any atom is -0.322 e. The van der Waals surface area contributed by atoms with E-state index in [2.05, 4.69) is 25.6 Å². The molecule has 3 heterocycles. The highest BCUT2D eigenvalue weighted by Crippen LogP contribution is 2.31. The zero-order valence-corrected chi connectivity index (χ0v) is 17.2. The van der Waals surface area contributed by atoms with Gasteiger partial charge in [-0.15, -0.1) is 0 Å². The average Bonchev–Trinajstić information content (AvgIpc) is 3.25.